The van der Waals surface area contributed by atoms with Gasteiger partial charge in [0.15, 0.2) is 17.5 Å². The van der Waals surface area contributed by atoms with Crippen molar-refractivity contribution < 1.29 is 13.2 Å². The first-order valence-corrected chi connectivity index (χ1v) is 7.05. The van der Waals surface area contributed by atoms with Crippen LogP contribution in [0.4, 0.5) is 13.2 Å². The number of benzene rings is 2. The Labute approximate surface area is 122 Å². The van der Waals surface area contributed by atoms with Crippen molar-refractivity contribution in [3.8, 4) is 11.1 Å². The average Bonchev–Trinajstić information content (AvgIpc) is 2.50. The van der Waals surface area contributed by atoms with E-state index < -0.39 is 17.5 Å². The third kappa shape index (κ3) is 3.27. The van der Waals surface area contributed by atoms with Gasteiger partial charge in [-0.3, -0.25) is 0 Å². The fourth-order valence-corrected chi connectivity index (χ4v) is 2.42. The molecule has 2 rings (SSSR count). The van der Waals surface area contributed by atoms with Crippen molar-refractivity contribution in [3.63, 3.8) is 0 Å². The second-order valence-corrected chi connectivity index (χ2v) is 4.87. The second-order valence-electron chi connectivity index (χ2n) is 4.87. The van der Waals surface area contributed by atoms with E-state index in [9.17, 15) is 13.2 Å². The molecule has 4 heteroatoms. The largest absolute Gasteiger partial charge is 0.310 e. The van der Waals surface area contributed by atoms with Crippen LogP contribution in [0.1, 0.15) is 31.9 Å². The van der Waals surface area contributed by atoms with Crippen LogP contribution in [0.5, 0.6) is 0 Å². The van der Waals surface area contributed by atoms with Gasteiger partial charge in [-0.05, 0) is 42.3 Å². The summed E-state index contributed by atoms with van der Waals surface area (Å²) in [5.74, 6) is -3.76. The zero-order valence-electron chi connectivity index (χ0n) is 12.1. The smallest absolute Gasteiger partial charge is 0.195 e. The summed E-state index contributed by atoms with van der Waals surface area (Å²) >= 11 is 0. The van der Waals surface area contributed by atoms with E-state index in [0.717, 1.165) is 24.6 Å². The minimum Gasteiger partial charge on any atom is -0.310 e. The first kappa shape index (κ1) is 15.6. The molecule has 0 aromatic heterocycles. The van der Waals surface area contributed by atoms with Crippen molar-refractivity contribution in [3.05, 3.63) is 59.4 Å². The lowest BCUT2D eigenvalue weighted by Crippen LogP contribution is -2.19. The predicted octanol–water partition coefficient (Wildman–Crippen LogP) is 4.83. The van der Waals surface area contributed by atoms with Gasteiger partial charge in [-0.25, -0.2) is 13.2 Å². The summed E-state index contributed by atoms with van der Waals surface area (Å²) in [4.78, 5) is 0. The van der Waals surface area contributed by atoms with Crippen molar-refractivity contribution >= 4 is 0 Å². The van der Waals surface area contributed by atoms with E-state index in [2.05, 4.69) is 12.2 Å². The highest BCUT2D eigenvalue weighted by Gasteiger charge is 2.16. The van der Waals surface area contributed by atoms with Gasteiger partial charge in [-0.1, -0.05) is 32.0 Å². The second kappa shape index (κ2) is 6.76. The lowest BCUT2D eigenvalue weighted by Gasteiger charge is -2.17. The van der Waals surface area contributed by atoms with E-state index >= 15 is 0 Å². The minimum absolute atomic E-state index is 0.0714. The predicted molar refractivity (Wildman–Crippen MR) is 78.5 cm³/mol. The monoisotopic (exact) mass is 293 g/mol. The lowest BCUT2D eigenvalue weighted by molar-refractivity contribution is 0.449. The Kier molecular flexibility index (Phi) is 5.02. The summed E-state index contributed by atoms with van der Waals surface area (Å²) in [7, 11) is 0. The van der Waals surface area contributed by atoms with Crippen LogP contribution in [0.15, 0.2) is 36.4 Å². The van der Waals surface area contributed by atoms with Gasteiger partial charge in [0.25, 0.3) is 0 Å². The zero-order valence-corrected chi connectivity index (χ0v) is 12.1. The summed E-state index contributed by atoms with van der Waals surface area (Å²) in [6, 6.07) is 9.61. The Balaban J connectivity index is 2.44. The van der Waals surface area contributed by atoms with E-state index in [4.69, 9.17) is 0 Å². The average molecular weight is 293 g/mol. The Bertz CT molecular complexity index is 625. The third-order valence-electron chi connectivity index (χ3n) is 3.49. The Morgan fingerprint density at radius 2 is 1.76 bits per heavy atom. The zero-order chi connectivity index (χ0) is 15.4. The number of rotatable bonds is 5. The van der Waals surface area contributed by atoms with E-state index in [1.165, 1.54) is 6.07 Å². The Morgan fingerprint density at radius 3 is 2.43 bits per heavy atom. The summed E-state index contributed by atoms with van der Waals surface area (Å²) < 4.78 is 40.3. The van der Waals surface area contributed by atoms with Gasteiger partial charge in [-0.2, -0.15) is 0 Å². The highest BCUT2D eigenvalue weighted by Crippen LogP contribution is 2.28. The molecule has 0 saturated carbocycles. The molecule has 0 saturated heterocycles. The maximum absolute atomic E-state index is 13.9. The molecule has 0 aliphatic heterocycles. The molecule has 1 atom stereocenters. The molecule has 112 valence electrons. The van der Waals surface area contributed by atoms with Crippen molar-refractivity contribution in [1.29, 1.82) is 0 Å². The van der Waals surface area contributed by atoms with Crippen molar-refractivity contribution in [2.45, 2.75) is 26.3 Å². The molecule has 0 amide bonds. The van der Waals surface area contributed by atoms with Gasteiger partial charge >= 0.3 is 0 Å². The van der Waals surface area contributed by atoms with Crippen LogP contribution < -0.4 is 5.32 Å². The number of nitrogens with one attached hydrogen (secondary N) is 1. The number of halogens is 3. The van der Waals surface area contributed by atoms with Gasteiger partial charge in [0.05, 0.1) is 0 Å². The lowest BCUT2D eigenvalue weighted by atomic mass is 9.97. The quantitative estimate of drug-likeness (QED) is 0.778. The maximum Gasteiger partial charge on any atom is 0.195 e. The summed E-state index contributed by atoms with van der Waals surface area (Å²) in [5, 5.41) is 3.33. The SMILES string of the molecule is CCNC(CC)c1cccc(-c2ccc(F)c(F)c2F)c1. The van der Waals surface area contributed by atoms with E-state index in [0.29, 0.717) is 5.56 Å². The van der Waals surface area contributed by atoms with Gasteiger partial charge < -0.3 is 5.32 Å². The molecule has 21 heavy (non-hydrogen) atoms. The normalized spacial score (nSPS) is 12.4. The standard InChI is InChI=1S/C17H18F3N/c1-3-15(21-4-2)12-7-5-6-11(10-12)13-8-9-14(18)17(20)16(13)19/h5-10,15,21H,3-4H2,1-2H3. The topological polar surface area (TPSA) is 12.0 Å². The third-order valence-corrected chi connectivity index (χ3v) is 3.49. The molecule has 0 radical (unpaired) electrons. The molecule has 1 nitrogen and oxygen atoms in total. The first-order valence-electron chi connectivity index (χ1n) is 7.05. The Hall–Kier alpha value is -1.81. The van der Waals surface area contributed by atoms with Crippen LogP contribution in [0, 0.1) is 17.5 Å². The van der Waals surface area contributed by atoms with Gasteiger partial charge in [0.1, 0.15) is 0 Å². The summed E-state index contributed by atoms with van der Waals surface area (Å²) in [5.41, 5.74) is 1.61. The summed E-state index contributed by atoms with van der Waals surface area (Å²) in [6.45, 7) is 4.89. The molecular weight excluding hydrogens is 275 g/mol. The van der Waals surface area contributed by atoms with Gasteiger partial charge in [0, 0.05) is 11.6 Å². The minimum atomic E-state index is -1.43. The molecule has 0 fully saturated rings. The molecule has 2 aromatic rings. The van der Waals surface area contributed by atoms with Crippen LogP contribution in [0.2, 0.25) is 0 Å². The van der Waals surface area contributed by atoms with Crippen molar-refractivity contribution in [2.24, 2.45) is 0 Å². The van der Waals surface area contributed by atoms with E-state index in [-0.39, 0.29) is 11.6 Å². The van der Waals surface area contributed by atoms with Crippen molar-refractivity contribution in [1.82, 2.24) is 5.32 Å². The highest BCUT2D eigenvalue weighted by atomic mass is 19.2. The molecular formula is C17H18F3N. The molecule has 0 aliphatic carbocycles. The van der Waals surface area contributed by atoms with Crippen LogP contribution in [0.3, 0.4) is 0 Å². The molecule has 1 unspecified atom stereocenters. The maximum atomic E-state index is 13.9. The number of hydrogen-bond acceptors (Lipinski definition) is 1. The van der Waals surface area contributed by atoms with Crippen LogP contribution in [0.25, 0.3) is 11.1 Å². The van der Waals surface area contributed by atoms with E-state index in [1.54, 1.807) is 12.1 Å². The fourth-order valence-electron chi connectivity index (χ4n) is 2.42. The fraction of sp³-hybridized carbons (Fsp3) is 0.294. The molecule has 0 heterocycles. The molecule has 0 aliphatic rings. The number of hydrogen-bond donors (Lipinski definition) is 1. The molecule has 0 spiro atoms. The van der Waals surface area contributed by atoms with Crippen LogP contribution in [-0.4, -0.2) is 6.54 Å². The molecule has 2 aromatic carbocycles. The van der Waals surface area contributed by atoms with Gasteiger partial charge in [-0.15, -0.1) is 0 Å². The molecule has 1 N–H and O–H groups in total. The van der Waals surface area contributed by atoms with Crippen molar-refractivity contribution in [2.75, 3.05) is 6.54 Å². The van der Waals surface area contributed by atoms with Crippen LogP contribution in [-0.2, 0) is 0 Å². The van der Waals surface area contributed by atoms with Gasteiger partial charge in [0.2, 0.25) is 0 Å². The molecule has 0 bridgehead atoms. The highest BCUT2D eigenvalue weighted by molar-refractivity contribution is 5.65. The first-order chi connectivity index (χ1) is 10.1. The Morgan fingerprint density at radius 1 is 1.00 bits per heavy atom. The van der Waals surface area contributed by atoms with Crippen LogP contribution >= 0.6 is 0 Å². The summed E-state index contributed by atoms with van der Waals surface area (Å²) in [6.07, 6.45) is 0.886. The van der Waals surface area contributed by atoms with E-state index in [1.807, 2.05) is 19.1 Å².